The molecule has 0 radical (unpaired) electrons. The highest BCUT2D eigenvalue weighted by Gasteiger charge is 2.44. The van der Waals surface area contributed by atoms with E-state index in [0.29, 0.717) is 32.3 Å². The summed E-state index contributed by atoms with van der Waals surface area (Å²) in [5, 5.41) is 6.43. The second kappa shape index (κ2) is 16.5. The molecule has 4 rings (SSSR count). The zero-order valence-electron chi connectivity index (χ0n) is 27.2. The van der Waals surface area contributed by atoms with E-state index in [1.807, 2.05) is 0 Å². The van der Waals surface area contributed by atoms with Crippen LogP contribution in [0.15, 0.2) is 109 Å². The summed E-state index contributed by atoms with van der Waals surface area (Å²) in [4.78, 5) is 70.6. The Labute approximate surface area is 291 Å². The minimum absolute atomic E-state index is 0.315. The SMILES string of the molecule is CC(C)C(NC(=O)c1ccccc1)C(=O)C(C(=O)C(C(=O)C(NC(=O)c1ccccc1)C(C)C)c1ccc(Cl)cc1)c1ccc(Cl)cc1. The van der Waals surface area contributed by atoms with Crippen molar-refractivity contribution in [3.8, 4) is 0 Å². The minimum Gasteiger partial charge on any atom is -0.342 e. The van der Waals surface area contributed by atoms with E-state index in [4.69, 9.17) is 23.2 Å². The molecule has 0 aliphatic rings. The van der Waals surface area contributed by atoms with E-state index in [0.717, 1.165) is 0 Å². The van der Waals surface area contributed by atoms with Crippen LogP contribution in [0.3, 0.4) is 0 Å². The normalized spacial score (nSPS) is 13.7. The van der Waals surface area contributed by atoms with E-state index in [1.165, 1.54) is 0 Å². The fourth-order valence-electron chi connectivity index (χ4n) is 5.53. The molecule has 4 unspecified atom stereocenters. The van der Waals surface area contributed by atoms with Gasteiger partial charge in [-0.05, 0) is 71.5 Å². The molecule has 2 amide bonds. The van der Waals surface area contributed by atoms with Gasteiger partial charge in [0.05, 0.1) is 12.1 Å². The first-order chi connectivity index (χ1) is 22.9. The Bertz CT molecular complexity index is 1610. The first-order valence-electron chi connectivity index (χ1n) is 15.7. The maximum absolute atomic E-state index is 14.9. The fourth-order valence-corrected chi connectivity index (χ4v) is 5.79. The van der Waals surface area contributed by atoms with Crippen LogP contribution >= 0.6 is 23.2 Å². The first kappa shape index (κ1) is 36.2. The molecule has 4 aromatic rings. The van der Waals surface area contributed by atoms with Gasteiger partial charge in [-0.2, -0.15) is 0 Å². The maximum Gasteiger partial charge on any atom is 0.251 e. The molecule has 0 bridgehead atoms. The van der Waals surface area contributed by atoms with Crippen LogP contribution in [0.4, 0.5) is 0 Å². The summed E-state index contributed by atoms with van der Waals surface area (Å²) in [6, 6.07) is 27.3. The van der Waals surface area contributed by atoms with Crippen LogP contribution in [-0.2, 0) is 14.4 Å². The summed E-state index contributed by atoms with van der Waals surface area (Å²) in [5.41, 5.74) is 1.34. The summed E-state index contributed by atoms with van der Waals surface area (Å²) in [5.74, 6) is -6.56. The summed E-state index contributed by atoms with van der Waals surface area (Å²) in [6.07, 6.45) is 0. The Balaban J connectivity index is 1.81. The Morgan fingerprint density at radius 1 is 0.458 bits per heavy atom. The van der Waals surface area contributed by atoms with Gasteiger partial charge in [0.1, 0.15) is 11.8 Å². The standard InChI is InChI=1S/C39H38Cl2N2O5/c1-23(2)33(42-38(47)27-11-7-5-8-12-27)36(45)31(25-15-19-29(40)20-16-25)35(44)32(26-17-21-30(41)22-18-26)37(46)34(24(3)4)43-39(48)28-13-9-6-10-14-28/h5-24,31-34H,1-4H3,(H,42,47)(H,43,48). The lowest BCUT2D eigenvalue weighted by atomic mass is 9.74. The van der Waals surface area contributed by atoms with Crippen molar-refractivity contribution in [2.45, 2.75) is 51.6 Å². The number of nitrogens with one attached hydrogen (secondary N) is 2. The Morgan fingerprint density at radius 3 is 1.06 bits per heavy atom. The number of amides is 2. The molecule has 0 saturated heterocycles. The summed E-state index contributed by atoms with van der Waals surface area (Å²) in [7, 11) is 0. The molecule has 9 heteroatoms. The van der Waals surface area contributed by atoms with Crippen molar-refractivity contribution in [1.82, 2.24) is 10.6 Å². The molecule has 4 aromatic carbocycles. The number of Topliss-reactive ketones (excluding diaryl/α,β-unsaturated/α-hetero) is 3. The van der Waals surface area contributed by atoms with Gasteiger partial charge in [0.2, 0.25) is 0 Å². The third kappa shape index (κ3) is 8.85. The van der Waals surface area contributed by atoms with E-state index in [-0.39, 0.29) is 0 Å². The highest BCUT2D eigenvalue weighted by molar-refractivity contribution is 6.31. The lowest BCUT2D eigenvalue weighted by Crippen LogP contribution is -2.51. The van der Waals surface area contributed by atoms with E-state index in [1.54, 1.807) is 137 Å². The second-order valence-electron chi connectivity index (χ2n) is 12.3. The predicted molar refractivity (Wildman–Crippen MR) is 188 cm³/mol. The number of rotatable bonds is 14. The lowest BCUT2D eigenvalue weighted by molar-refractivity contribution is -0.135. The molecule has 0 saturated carbocycles. The number of hydrogen-bond donors (Lipinski definition) is 2. The van der Waals surface area contributed by atoms with Crippen LogP contribution in [0.5, 0.6) is 0 Å². The van der Waals surface area contributed by atoms with Gasteiger partial charge in [-0.1, -0.05) is 112 Å². The molecule has 4 atom stereocenters. The van der Waals surface area contributed by atoms with Gasteiger partial charge >= 0.3 is 0 Å². The molecule has 0 aromatic heterocycles. The molecular formula is C39H38Cl2N2O5. The van der Waals surface area contributed by atoms with Crippen molar-refractivity contribution in [2.75, 3.05) is 0 Å². The number of ketones is 3. The topological polar surface area (TPSA) is 109 Å². The molecule has 0 aliphatic carbocycles. The van der Waals surface area contributed by atoms with Gasteiger partial charge in [0, 0.05) is 21.2 Å². The van der Waals surface area contributed by atoms with Crippen molar-refractivity contribution >= 4 is 52.4 Å². The quantitative estimate of drug-likeness (QED) is 0.134. The average Bonchev–Trinajstić information content (AvgIpc) is 3.08. The van der Waals surface area contributed by atoms with Crippen molar-refractivity contribution in [3.63, 3.8) is 0 Å². The minimum atomic E-state index is -1.46. The Hall–Kier alpha value is -4.59. The van der Waals surface area contributed by atoms with Crippen molar-refractivity contribution < 1.29 is 24.0 Å². The second-order valence-corrected chi connectivity index (χ2v) is 13.2. The van der Waals surface area contributed by atoms with Crippen molar-refractivity contribution in [2.24, 2.45) is 11.8 Å². The third-order valence-corrected chi connectivity index (χ3v) is 8.64. The molecular weight excluding hydrogens is 647 g/mol. The number of carbonyl (C=O) groups is 5. The van der Waals surface area contributed by atoms with Gasteiger partial charge in [0.25, 0.3) is 11.8 Å². The van der Waals surface area contributed by atoms with E-state index >= 15 is 0 Å². The highest BCUT2D eigenvalue weighted by Crippen LogP contribution is 2.33. The number of benzene rings is 4. The molecule has 7 nitrogen and oxygen atoms in total. The highest BCUT2D eigenvalue weighted by atomic mass is 35.5. The third-order valence-electron chi connectivity index (χ3n) is 8.14. The van der Waals surface area contributed by atoms with Crippen LogP contribution in [0.2, 0.25) is 10.0 Å². The Kier molecular flexibility index (Phi) is 12.5. The van der Waals surface area contributed by atoms with Crippen LogP contribution in [0, 0.1) is 11.8 Å². The van der Waals surface area contributed by atoms with Crippen LogP contribution < -0.4 is 10.6 Å². The van der Waals surface area contributed by atoms with E-state index < -0.39 is 64.9 Å². The summed E-state index contributed by atoms with van der Waals surface area (Å²) < 4.78 is 0. The zero-order chi connectivity index (χ0) is 35.0. The summed E-state index contributed by atoms with van der Waals surface area (Å²) >= 11 is 12.4. The maximum atomic E-state index is 14.9. The molecule has 0 heterocycles. The van der Waals surface area contributed by atoms with Crippen LogP contribution in [-0.4, -0.2) is 41.2 Å². The van der Waals surface area contributed by atoms with Gasteiger partial charge in [0.15, 0.2) is 17.3 Å². The fraction of sp³-hybridized carbons (Fsp3) is 0.256. The summed E-state index contributed by atoms with van der Waals surface area (Å²) in [6.45, 7) is 7.08. The predicted octanol–water partition coefficient (Wildman–Crippen LogP) is 7.48. The largest absolute Gasteiger partial charge is 0.342 e. The smallest absolute Gasteiger partial charge is 0.251 e. The number of carbonyl (C=O) groups excluding carboxylic acids is 5. The first-order valence-corrected chi connectivity index (χ1v) is 16.5. The van der Waals surface area contributed by atoms with Gasteiger partial charge in [-0.3, -0.25) is 24.0 Å². The van der Waals surface area contributed by atoms with Crippen LogP contribution in [0.25, 0.3) is 0 Å². The molecule has 0 aliphatic heterocycles. The monoisotopic (exact) mass is 684 g/mol. The molecule has 0 fully saturated rings. The number of halogens is 2. The van der Waals surface area contributed by atoms with Gasteiger partial charge in [-0.25, -0.2) is 0 Å². The average molecular weight is 686 g/mol. The van der Waals surface area contributed by atoms with E-state index in [2.05, 4.69) is 10.6 Å². The molecule has 2 N–H and O–H groups in total. The van der Waals surface area contributed by atoms with Gasteiger partial charge < -0.3 is 10.6 Å². The van der Waals surface area contributed by atoms with Crippen LogP contribution in [0.1, 0.15) is 71.4 Å². The lowest BCUT2D eigenvalue weighted by Gasteiger charge is -2.30. The molecule has 0 spiro atoms. The number of hydrogen-bond acceptors (Lipinski definition) is 5. The van der Waals surface area contributed by atoms with E-state index in [9.17, 15) is 24.0 Å². The Morgan fingerprint density at radius 2 is 0.771 bits per heavy atom. The van der Waals surface area contributed by atoms with Crippen molar-refractivity contribution in [3.05, 3.63) is 141 Å². The van der Waals surface area contributed by atoms with Crippen molar-refractivity contribution in [1.29, 1.82) is 0 Å². The zero-order valence-corrected chi connectivity index (χ0v) is 28.7. The molecule has 48 heavy (non-hydrogen) atoms. The molecule has 248 valence electrons. The van der Waals surface area contributed by atoms with Gasteiger partial charge in [-0.15, -0.1) is 0 Å².